The van der Waals surface area contributed by atoms with Crippen LogP contribution in [0.1, 0.15) is 269 Å². The maximum Gasteiger partial charge on any atom is 0.131 e. The lowest BCUT2D eigenvalue weighted by Crippen LogP contribution is -2.25. The van der Waals surface area contributed by atoms with Crippen LogP contribution in [0.5, 0.6) is 23.0 Å². The summed E-state index contributed by atoms with van der Waals surface area (Å²) in [5.74, 6) is 0.125. The van der Waals surface area contributed by atoms with Gasteiger partial charge in [-0.3, -0.25) is 0 Å². The van der Waals surface area contributed by atoms with Gasteiger partial charge in [-0.15, -0.1) is 0 Å². The molecule has 0 aromatic heterocycles. The molecule has 0 aliphatic carbocycles. The van der Waals surface area contributed by atoms with Gasteiger partial charge < -0.3 is 19.7 Å². The van der Waals surface area contributed by atoms with Gasteiger partial charge in [0.25, 0.3) is 0 Å². The molecule has 0 fully saturated rings. The lowest BCUT2D eigenvalue weighted by atomic mass is 9.70. The first-order valence-corrected chi connectivity index (χ1v) is 37.8. The van der Waals surface area contributed by atoms with Crippen molar-refractivity contribution in [2.45, 2.75) is 270 Å². The van der Waals surface area contributed by atoms with E-state index in [-0.39, 0.29) is 68.0 Å². The Kier molecular flexibility index (Phi) is 20.2. The summed E-state index contributed by atoms with van der Waals surface area (Å²) in [6.45, 7) is 67.6. The number of rotatable bonds is 14. The Morgan fingerprint density at radius 1 is 0.301 bits per heavy atom. The SMILES string of the molecule is Cc1cc(F)cc(-c2cc(C(C)(C)CC(C)(C)C)cc(-c3c4ccc(C(C)(C)C)cc4cc4cc(C(C)(C)C)c(C(C)(C)C)cc34)c2O)c1OCCCOc1c(C)cc(F)cc1-c1cc(C(C)(C)CC(C)(C)C)cc(-c2c3ccc(C(C)(C)C)cc3cc3cc(C(C)(C)C)c(C(C)(C)C)cc23)c1O. The van der Waals surface area contributed by atoms with Gasteiger partial charge >= 0.3 is 0 Å². The molecule has 0 saturated carbocycles. The van der Waals surface area contributed by atoms with Gasteiger partial charge in [0.05, 0.1) is 13.2 Å². The second-order valence-electron chi connectivity index (χ2n) is 40.4. The topological polar surface area (TPSA) is 58.9 Å². The highest BCUT2D eigenvalue weighted by molar-refractivity contribution is 6.16. The molecule has 10 aromatic rings. The van der Waals surface area contributed by atoms with Crippen LogP contribution in [-0.2, 0) is 43.3 Å². The molecular formula is C97H122F2O4. The van der Waals surface area contributed by atoms with E-state index in [2.05, 4.69) is 291 Å². The molecule has 4 nitrogen and oxygen atoms in total. The van der Waals surface area contributed by atoms with E-state index < -0.39 is 22.5 Å². The van der Waals surface area contributed by atoms with E-state index in [1.807, 2.05) is 13.8 Å². The van der Waals surface area contributed by atoms with Gasteiger partial charge in [0.15, 0.2) is 0 Å². The van der Waals surface area contributed by atoms with Crippen LogP contribution in [-0.4, -0.2) is 23.4 Å². The number of phenols is 2. The van der Waals surface area contributed by atoms with Crippen molar-refractivity contribution in [3.8, 4) is 67.5 Å². The van der Waals surface area contributed by atoms with Crippen molar-refractivity contribution >= 4 is 43.1 Å². The molecule has 0 atom stereocenters. The maximum absolute atomic E-state index is 16.5. The fourth-order valence-corrected chi connectivity index (χ4v) is 16.7. The molecule has 0 radical (unpaired) electrons. The summed E-state index contributed by atoms with van der Waals surface area (Å²) in [7, 11) is 0. The average Bonchev–Trinajstić information content (AvgIpc) is 0.729. The van der Waals surface area contributed by atoms with Crippen molar-refractivity contribution in [3.63, 3.8) is 0 Å². The summed E-state index contributed by atoms with van der Waals surface area (Å²) < 4.78 is 47.0. The maximum atomic E-state index is 16.5. The number of aromatic hydroxyl groups is 2. The average molecular weight is 1390 g/mol. The molecule has 103 heavy (non-hydrogen) atoms. The number of hydrogen-bond acceptors (Lipinski definition) is 4. The third-order valence-electron chi connectivity index (χ3n) is 21.3. The molecule has 0 aliphatic rings. The summed E-state index contributed by atoms with van der Waals surface area (Å²) in [5.41, 5.74) is 13.9. The van der Waals surface area contributed by atoms with Crippen molar-refractivity contribution < 1.29 is 28.5 Å². The summed E-state index contributed by atoms with van der Waals surface area (Å²) in [6.07, 6.45) is 2.04. The minimum Gasteiger partial charge on any atom is -0.507 e. The number of benzene rings is 10. The van der Waals surface area contributed by atoms with E-state index in [0.717, 1.165) is 78.2 Å². The Hall–Kier alpha value is -7.70. The van der Waals surface area contributed by atoms with E-state index in [1.54, 1.807) is 0 Å². The van der Waals surface area contributed by atoms with Crippen molar-refractivity contribution in [1.82, 2.24) is 0 Å². The lowest BCUT2D eigenvalue weighted by molar-refractivity contribution is 0.246. The lowest BCUT2D eigenvalue weighted by Gasteiger charge is -2.34. The van der Waals surface area contributed by atoms with Crippen LogP contribution in [0.2, 0.25) is 0 Å². The summed E-state index contributed by atoms with van der Waals surface area (Å²) >= 11 is 0. The minimum atomic E-state index is -0.442. The van der Waals surface area contributed by atoms with Crippen molar-refractivity contribution in [2.24, 2.45) is 10.8 Å². The van der Waals surface area contributed by atoms with E-state index in [4.69, 9.17) is 9.47 Å². The minimum absolute atomic E-state index is 0.0450. The number of ether oxygens (including phenoxy) is 2. The molecule has 10 aromatic carbocycles. The third kappa shape index (κ3) is 16.3. The molecule has 0 saturated heterocycles. The van der Waals surface area contributed by atoms with Gasteiger partial charge in [0.1, 0.15) is 34.6 Å². The fourth-order valence-electron chi connectivity index (χ4n) is 16.7. The van der Waals surface area contributed by atoms with Crippen LogP contribution in [0, 0.1) is 36.3 Å². The van der Waals surface area contributed by atoms with Crippen LogP contribution in [0.3, 0.4) is 0 Å². The first-order valence-electron chi connectivity index (χ1n) is 37.8. The van der Waals surface area contributed by atoms with E-state index >= 15 is 8.78 Å². The van der Waals surface area contributed by atoms with Crippen molar-refractivity contribution in [1.29, 1.82) is 0 Å². The zero-order valence-electron chi connectivity index (χ0n) is 68.5. The fraction of sp³-hybridized carbons (Fsp3) is 0.464. The van der Waals surface area contributed by atoms with Gasteiger partial charge in [-0.2, -0.15) is 0 Å². The highest BCUT2D eigenvalue weighted by Gasteiger charge is 2.36. The molecule has 6 heteroatoms. The van der Waals surface area contributed by atoms with Gasteiger partial charge in [-0.05, 0) is 252 Å². The summed E-state index contributed by atoms with van der Waals surface area (Å²) in [5, 5.41) is 35.5. The third-order valence-corrected chi connectivity index (χ3v) is 21.3. The van der Waals surface area contributed by atoms with Crippen molar-refractivity contribution in [3.05, 3.63) is 189 Å². The molecule has 10 rings (SSSR count). The van der Waals surface area contributed by atoms with Crippen LogP contribution in [0.25, 0.3) is 87.6 Å². The predicted molar refractivity (Wildman–Crippen MR) is 439 cm³/mol. The number of hydrogen-bond donors (Lipinski definition) is 2. The Morgan fingerprint density at radius 2 is 0.602 bits per heavy atom. The molecule has 0 unspecified atom stereocenters. The highest BCUT2D eigenvalue weighted by atomic mass is 19.1. The standard InChI is InChI=1S/C97H122F2O4/c1-56-38-66(98)50-74(72-46-64(96(27,28)54-88(3,4)5)48-76(84(72)100)82-68-34-32-62(90(9,10)11)42-58(68)40-60-44-78(92(15,16)17)80(52-70(60)82)94(21,22)23)86(56)102-36-31-37-103-87-57(2)39-67(99)51-75(87)73-47-65(97(29,30)55-89(6,7)8)49-77(85(73)101)83-69-35-33-63(91(12,13)14)43-59(69)41-61-45-79(93(18,19)20)81(53-71(61)83)95(24,25)26/h32-35,38-53,100-101H,31,36-37,54-55H2,1-30H3. The Labute approximate surface area is 618 Å². The first kappa shape index (κ1) is 77.9. The predicted octanol–water partition coefficient (Wildman–Crippen LogP) is 28.3. The Bertz CT molecular complexity index is 4640. The number of aryl methyl sites for hydroxylation is 2. The molecule has 0 spiro atoms. The number of halogens is 2. The highest BCUT2D eigenvalue weighted by Crippen LogP contribution is 2.55. The van der Waals surface area contributed by atoms with Crippen LogP contribution < -0.4 is 9.47 Å². The van der Waals surface area contributed by atoms with E-state index in [1.165, 1.54) is 57.6 Å². The summed E-state index contributed by atoms with van der Waals surface area (Å²) in [4.78, 5) is 0. The molecule has 0 aliphatic heterocycles. The monoisotopic (exact) mass is 1390 g/mol. The number of phenolic OH excluding ortho intramolecular Hbond substituents is 2. The Balaban J connectivity index is 1.11. The van der Waals surface area contributed by atoms with E-state index in [0.29, 0.717) is 62.4 Å². The molecule has 0 heterocycles. The molecule has 2 N–H and O–H groups in total. The van der Waals surface area contributed by atoms with Gasteiger partial charge in [-0.25, -0.2) is 8.78 Å². The Morgan fingerprint density at radius 3 is 0.903 bits per heavy atom. The second-order valence-corrected chi connectivity index (χ2v) is 40.4. The molecule has 548 valence electrons. The van der Waals surface area contributed by atoms with Crippen LogP contribution in [0.15, 0.2) is 121 Å². The van der Waals surface area contributed by atoms with Gasteiger partial charge in [0.2, 0.25) is 0 Å². The summed E-state index contributed by atoms with van der Waals surface area (Å²) in [6, 6.07) is 42.2. The molecular weight excluding hydrogens is 1270 g/mol. The number of fused-ring (bicyclic) bond motifs is 4. The smallest absolute Gasteiger partial charge is 0.131 e. The molecule has 0 amide bonds. The van der Waals surface area contributed by atoms with Crippen LogP contribution >= 0.6 is 0 Å². The second kappa shape index (κ2) is 26.7. The zero-order valence-corrected chi connectivity index (χ0v) is 68.5. The van der Waals surface area contributed by atoms with Crippen molar-refractivity contribution in [2.75, 3.05) is 13.2 Å². The van der Waals surface area contributed by atoms with E-state index in [9.17, 15) is 10.2 Å². The van der Waals surface area contributed by atoms with Gasteiger partial charge in [0, 0.05) is 50.9 Å². The van der Waals surface area contributed by atoms with Crippen LogP contribution in [0.4, 0.5) is 8.78 Å². The first-order chi connectivity index (χ1) is 47.0. The largest absolute Gasteiger partial charge is 0.507 e. The molecule has 0 bridgehead atoms. The zero-order chi connectivity index (χ0) is 76.6. The quantitative estimate of drug-likeness (QED) is 0.0841. The van der Waals surface area contributed by atoms with Gasteiger partial charge in [-0.1, -0.05) is 242 Å². The normalized spacial score (nSPS) is 13.5.